The molecule has 0 aliphatic heterocycles. The molecule has 178 valence electrons. The van der Waals surface area contributed by atoms with Crippen molar-refractivity contribution in [3.8, 4) is 0 Å². The van der Waals surface area contributed by atoms with E-state index < -0.39 is 11.6 Å². The van der Waals surface area contributed by atoms with Gasteiger partial charge in [0.15, 0.2) is 0 Å². The van der Waals surface area contributed by atoms with E-state index in [1.54, 1.807) is 17.5 Å². The first-order valence-corrected chi connectivity index (χ1v) is 12.0. The van der Waals surface area contributed by atoms with Crippen LogP contribution >= 0.6 is 11.3 Å². The standard InChI is InChI=1S/C27H31N3O3S/c1-18-13-14-19(2)21(16-18)30(23(31)17-28-25(32)22-12-9-15-34-22)24(20-10-7-6-8-11-20)26(33)29-27(3,4)5/h6-16,24H,17H2,1-5H3,(H,28,32)(H,29,33)/t24-/m0/s1. The van der Waals surface area contributed by atoms with E-state index in [2.05, 4.69) is 10.6 Å². The first-order valence-electron chi connectivity index (χ1n) is 11.1. The number of anilines is 1. The van der Waals surface area contributed by atoms with Crippen LogP contribution in [0.2, 0.25) is 0 Å². The summed E-state index contributed by atoms with van der Waals surface area (Å²) in [5.41, 5.74) is 2.64. The lowest BCUT2D eigenvalue weighted by Gasteiger charge is -2.34. The Balaban J connectivity index is 2.05. The molecular formula is C27H31N3O3S. The molecule has 0 fully saturated rings. The third-order valence-corrected chi connectivity index (χ3v) is 6.03. The fraction of sp³-hybridized carbons (Fsp3) is 0.296. The van der Waals surface area contributed by atoms with Crippen molar-refractivity contribution in [2.24, 2.45) is 0 Å². The SMILES string of the molecule is Cc1ccc(C)c(N(C(=O)CNC(=O)c2cccs2)[C@H](C(=O)NC(C)(C)C)c2ccccc2)c1. The van der Waals surface area contributed by atoms with Gasteiger partial charge >= 0.3 is 0 Å². The molecule has 1 heterocycles. The molecule has 3 rings (SSSR count). The number of hydrogen-bond donors (Lipinski definition) is 2. The number of nitrogens with zero attached hydrogens (tertiary/aromatic N) is 1. The summed E-state index contributed by atoms with van der Waals surface area (Å²) in [6, 6.07) is 17.6. The fourth-order valence-electron chi connectivity index (χ4n) is 3.62. The third kappa shape index (κ3) is 6.32. The minimum absolute atomic E-state index is 0.240. The van der Waals surface area contributed by atoms with Crippen LogP contribution in [0.3, 0.4) is 0 Å². The Morgan fingerprint density at radius 2 is 1.68 bits per heavy atom. The van der Waals surface area contributed by atoms with Crippen LogP contribution in [0.1, 0.15) is 53.2 Å². The minimum Gasteiger partial charge on any atom is -0.349 e. The molecule has 0 bridgehead atoms. The van der Waals surface area contributed by atoms with Crippen LogP contribution in [0.15, 0.2) is 66.0 Å². The van der Waals surface area contributed by atoms with E-state index in [0.29, 0.717) is 16.1 Å². The lowest BCUT2D eigenvalue weighted by Crippen LogP contribution is -2.51. The second-order valence-corrected chi connectivity index (χ2v) is 10.2. The topological polar surface area (TPSA) is 78.5 Å². The number of amides is 3. The highest BCUT2D eigenvalue weighted by atomic mass is 32.1. The highest BCUT2D eigenvalue weighted by Crippen LogP contribution is 2.31. The number of aryl methyl sites for hydroxylation is 2. The molecule has 1 atom stereocenters. The van der Waals surface area contributed by atoms with Crippen molar-refractivity contribution < 1.29 is 14.4 Å². The molecule has 7 heteroatoms. The zero-order chi connectivity index (χ0) is 24.9. The molecular weight excluding hydrogens is 446 g/mol. The first-order chi connectivity index (χ1) is 16.1. The van der Waals surface area contributed by atoms with Crippen molar-refractivity contribution in [2.75, 3.05) is 11.4 Å². The van der Waals surface area contributed by atoms with Gasteiger partial charge in [0.1, 0.15) is 6.04 Å². The van der Waals surface area contributed by atoms with Gasteiger partial charge in [0.2, 0.25) is 11.8 Å². The van der Waals surface area contributed by atoms with Crippen LogP contribution in [0, 0.1) is 13.8 Å². The molecule has 6 nitrogen and oxygen atoms in total. The normalized spacial score (nSPS) is 12.0. The van der Waals surface area contributed by atoms with Crippen LogP contribution in [-0.4, -0.2) is 29.8 Å². The van der Waals surface area contributed by atoms with Crippen LogP contribution in [-0.2, 0) is 9.59 Å². The molecule has 34 heavy (non-hydrogen) atoms. The molecule has 0 aliphatic carbocycles. The lowest BCUT2D eigenvalue weighted by atomic mass is 9.99. The summed E-state index contributed by atoms with van der Waals surface area (Å²) in [7, 11) is 0. The quantitative estimate of drug-likeness (QED) is 0.514. The van der Waals surface area contributed by atoms with E-state index in [9.17, 15) is 14.4 Å². The smallest absolute Gasteiger partial charge is 0.261 e. The average Bonchev–Trinajstić information content (AvgIpc) is 3.32. The Bertz CT molecular complexity index is 1150. The molecule has 1 aromatic heterocycles. The highest BCUT2D eigenvalue weighted by molar-refractivity contribution is 7.12. The van der Waals surface area contributed by atoms with Crippen molar-refractivity contribution in [2.45, 2.75) is 46.2 Å². The van der Waals surface area contributed by atoms with Crippen molar-refractivity contribution in [3.63, 3.8) is 0 Å². The van der Waals surface area contributed by atoms with Gasteiger partial charge in [-0.1, -0.05) is 48.5 Å². The van der Waals surface area contributed by atoms with Gasteiger partial charge in [0.25, 0.3) is 5.91 Å². The number of hydrogen-bond acceptors (Lipinski definition) is 4. The van der Waals surface area contributed by atoms with Gasteiger partial charge in [-0.3, -0.25) is 19.3 Å². The molecule has 2 aromatic carbocycles. The third-order valence-electron chi connectivity index (χ3n) is 5.16. The number of nitrogens with one attached hydrogen (secondary N) is 2. The Hall–Kier alpha value is -3.45. The summed E-state index contributed by atoms with van der Waals surface area (Å²) in [4.78, 5) is 41.8. The van der Waals surface area contributed by atoms with Gasteiger partial charge in [-0.25, -0.2) is 0 Å². The summed E-state index contributed by atoms with van der Waals surface area (Å²) in [6.07, 6.45) is 0. The maximum atomic E-state index is 13.7. The summed E-state index contributed by atoms with van der Waals surface area (Å²) in [6.45, 7) is 9.31. The van der Waals surface area contributed by atoms with Gasteiger partial charge in [0.05, 0.1) is 11.4 Å². The summed E-state index contributed by atoms with van der Waals surface area (Å²) < 4.78 is 0. The number of thiophene rings is 1. The number of benzene rings is 2. The zero-order valence-corrected chi connectivity index (χ0v) is 21.0. The van der Waals surface area contributed by atoms with Crippen LogP contribution in [0.25, 0.3) is 0 Å². The molecule has 0 saturated heterocycles. The molecule has 0 aliphatic rings. The van der Waals surface area contributed by atoms with Gasteiger partial charge < -0.3 is 10.6 Å². The number of rotatable bonds is 7. The second kappa shape index (κ2) is 10.7. The monoisotopic (exact) mass is 477 g/mol. The van der Waals surface area contributed by atoms with E-state index in [0.717, 1.165) is 11.1 Å². The largest absolute Gasteiger partial charge is 0.349 e. The predicted molar refractivity (Wildman–Crippen MR) is 137 cm³/mol. The predicted octanol–water partition coefficient (Wildman–Crippen LogP) is 4.78. The van der Waals surface area contributed by atoms with E-state index in [-0.39, 0.29) is 24.3 Å². The zero-order valence-electron chi connectivity index (χ0n) is 20.2. The van der Waals surface area contributed by atoms with Crippen molar-refractivity contribution >= 4 is 34.7 Å². The second-order valence-electron chi connectivity index (χ2n) is 9.27. The molecule has 0 radical (unpaired) electrons. The van der Waals surface area contributed by atoms with E-state index >= 15 is 0 Å². The fourth-order valence-corrected chi connectivity index (χ4v) is 4.26. The maximum absolute atomic E-state index is 13.7. The Morgan fingerprint density at radius 1 is 0.971 bits per heavy atom. The lowest BCUT2D eigenvalue weighted by molar-refractivity contribution is -0.127. The van der Waals surface area contributed by atoms with Crippen LogP contribution < -0.4 is 15.5 Å². The van der Waals surface area contributed by atoms with Gasteiger partial charge in [-0.15, -0.1) is 11.3 Å². The number of carbonyl (C=O) groups excluding carboxylic acids is 3. The molecule has 3 amide bonds. The maximum Gasteiger partial charge on any atom is 0.261 e. The van der Waals surface area contributed by atoms with Crippen LogP contribution in [0.4, 0.5) is 5.69 Å². The van der Waals surface area contributed by atoms with Gasteiger partial charge in [-0.2, -0.15) is 0 Å². The molecule has 0 unspecified atom stereocenters. The number of carbonyl (C=O) groups is 3. The summed E-state index contributed by atoms with van der Waals surface area (Å²) >= 11 is 1.31. The van der Waals surface area contributed by atoms with Gasteiger partial charge in [0, 0.05) is 11.2 Å². The van der Waals surface area contributed by atoms with E-state index in [1.165, 1.54) is 16.2 Å². The molecule has 3 aromatic rings. The molecule has 0 saturated carbocycles. The average molecular weight is 478 g/mol. The van der Waals surface area contributed by atoms with Crippen molar-refractivity contribution in [1.82, 2.24) is 10.6 Å². The van der Waals surface area contributed by atoms with E-state index in [1.807, 2.05) is 83.1 Å². The van der Waals surface area contributed by atoms with Crippen molar-refractivity contribution in [1.29, 1.82) is 0 Å². The Labute approximate surface area is 205 Å². The van der Waals surface area contributed by atoms with Gasteiger partial charge in [-0.05, 0) is 68.8 Å². The Kier molecular flexibility index (Phi) is 7.89. The van der Waals surface area contributed by atoms with Crippen molar-refractivity contribution in [3.05, 3.63) is 87.6 Å². The molecule has 2 N–H and O–H groups in total. The highest BCUT2D eigenvalue weighted by Gasteiger charge is 2.35. The summed E-state index contributed by atoms with van der Waals surface area (Å²) in [5, 5.41) is 7.54. The minimum atomic E-state index is -0.910. The molecule has 0 spiro atoms. The van der Waals surface area contributed by atoms with Crippen LogP contribution in [0.5, 0.6) is 0 Å². The summed E-state index contributed by atoms with van der Waals surface area (Å²) in [5.74, 6) is -0.992. The van der Waals surface area contributed by atoms with E-state index in [4.69, 9.17) is 0 Å². The Morgan fingerprint density at radius 3 is 2.29 bits per heavy atom. The first kappa shape index (κ1) is 25.2.